The molecule has 8 heteroatoms. The zero-order valence-electron chi connectivity index (χ0n) is 21.5. The van der Waals surface area contributed by atoms with Crippen molar-refractivity contribution in [1.29, 1.82) is 0 Å². The van der Waals surface area contributed by atoms with Gasteiger partial charge in [-0.25, -0.2) is 4.98 Å². The lowest BCUT2D eigenvalue weighted by Crippen LogP contribution is -2.31. The number of nitrogens with zero attached hydrogens (tertiary/aromatic N) is 2. The monoisotopic (exact) mass is 517 g/mol. The van der Waals surface area contributed by atoms with Gasteiger partial charge in [0, 0.05) is 52.8 Å². The third-order valence-corrected chi connectivity index (χ3v) is 7.01. The van der Waals surface area contributed by atoms with Crippen LogP contribution < -0.4 is 30.7 Å². The molecule has 1 amide bonds. The molecule has 3 N–H and O–H groups in total. The summed E-state index contributed by atoms with van der Waals surface area (Å²) in [7, 11) is 1.61. The zero-order chi connectivity index (χ0) is 26.0. The van der Waals surface area contributed by atoms with Crippen molar-refractivity contribution in [3.05, 3.63) is 75.9 Å². The van der Waals surface area contributed by atoms with E-state index in [2.05, 4.69) is 50.1 Å². The number of carbonyl (C=O) groups excluding carboxylic acids is 1. The van der Waals surface area contributed by atoms with Gasteiger partial charge in [0.2, 0.25) is 5.88 Å². The molecule has 194 valence electrons. The molecule has 2 aromatic heterocycles. The number of allylic oxidation sites excluding steroid dienone is 2. The molecule has 4 bridgehead atoms. The largest absolute Gasteiger partial charge is 0.480 e. The van der Waals surface area contributed by atoms with Gasteiger partial charge < -0.3 is 20.1 Å². The van der Waals surface area contributed by atoms with E-state index in [-0.39, 0.29) is 11.8 Å². The van der Waals surface area contributed by atoms with Crippen LogP contribution in [-0.4, -0.2) is 36.1 Å². The lowest BCUT2D eigenvalue weighted by atomic mass is 9.95. The van der Waals surface area contributed by atoms with Gasteiger partial charge >= 0.3 is 0 Å². The number of hydrogen-bond donors (Lipinski definition) is 3. The Morgan fingerprint density at radius 2 is 2.05 bits per heavy atom. The molecule has 0 saturated heterocycles. The van der Waals surface area contributed by atoms with Gasteiger partial charge in [-0.1, -0.05) is 37.8 Å². The molecular formula is C29H35N5O2S. The van der Waals surface area contributed by atoms with Crippen molar-refractivity contribution < 1.29 is 9.53 Å². The number of pyridine rings is 2. The number of amides is 1. The van der Waals surface area contributed by atoms with E-state index in [1.54, 1.807) is 13.2 Å². The molecule has 2 aromatic rings. The van der Waals surface area contributed by atoms with E-state index in [0.717, 1.165) is 66.2 Å². The highest BCUT2D eigenvalue weighted by Crippen LogP contribution is 2.33. The molecule has 37 heavy (non-hydrogen) atoms. The molecule has 7 nitrogen and oxygen atoms in total. The number of aromatic nitrogens is 2. The van der Waals surface area contributed by atoms with Crippen molar-refractivity contribution in [2.75, 3.05) is 30.2 Å². The maximum absolute atomic E-state index is 12.9. The summed E-state index contributed by atoms with van der Waals surface area (Å²) in [6, 6.07) is 4.12. The van der Waals surface area contributed by atoms with Crippen LogP contribution in [0, 0.1) is 0 Å². The van der Waals surface area contributed by atoms with Crippen LogP contribution in [0.4, 0.5) is 11.4 Å². The third-order valence-electron chi connectivity index (χ3n) is 6.31. The summed E-state index contributed by atoms with van der Waals surface area (Å²) < 4.78 is 8.86. The quantitative estimate of drug-likeness (QED) is 0.520. The summed E-state index contributed by atoms with van der Waals surface area (Å²) in [6.45, 7) is 7.62. The zero-order valence-corrected chi connectivity index (χ0v) is 22.4. The minimum atomic E-state index is -0.102. The Balaban J connectivity index is 1.71. The first-order chi connectivity index (χ1) is 18.1. The SMILES string of the molecule is C=C1/C=C(\C=C/CC)C(=O)NCCCCNc2ccnc3c2=CC(CCC=3)c2cnc(OC)c(c2)NS1. The van der Waals surface area contributed by atoms with Gasteiger partial charge in [0.25, 0.3) is 5.91 Å². The molecular weight excluding hydrogens is 482 g/mol. The van der Waals surface area contributed by atoms with Gasteiger partial charge in [0.1, 0.15) is 5.69 Å². The van der Waals surface area contributed by atoms with Crippen molar-refractivity contribution in [3.63, 3.8) is 0 Å². The van der Waals surface area contributed by atoms with Crippen molar-refractivity contribution in [3.8, 4) is 5.88 Å². The fourth-order valence-corrected chi connectivity index (χ4v) is 4.94. The minimum Gasteiger partial charge on any atom is -0.480 e. The summed E-state index contributed by atoms with van der Waals surface area (Å²) in [6.07, 6.45) is 18.5. The lowest BCUT2D eigenvalue weighted by Gasteiger charge is -2.16. The van der Waals surface area contributed by atoms with Crippen LogP contribution in [0.3, 0.4) is 0 Å². The van der Waals surface area contributed by atoms with E-state index in [1.807, 2.05) is 37.5 Å². The fourth-order valence-electron chi connectivity index (χ4n) is 4.37. The number of anilines is 2. The van der Waals surface area contributed by atoms with Crippen molar-refractivity contribution in [2.24, 2.45) is 0 Å². The van der Waals surface area contributed by atoms with E-state index in [0.29, 0.717) is 22.9 Å². The van der Waals surface area contributed by atoms with Gasteiger partial charge in [-0.05, 0) is 67.8 Å². The standard InChI is InChI=1S/C29H35N5O2S/c1-4-5-9-22-16-20(2)37-34-27-18-23(19-33-29(27)36-3)21-10-8-11-25-24(17-21)26(12-15-31-25)30-13-6-7-14-32-28(22)35/h5,9,11-12,15-19,21,30,34H,2,4,6-8,10,13-14H2,1,3H3,(H,32,35)/b9-5-,22-16+. The molecule has 0 aromatic carbocycles. The summed E-state index contributed by atoms with van der Waals surface area (Å²) in [5.74, 6) is 0.589. The van der Waals surface area contributed by atoms with Crippen molar-refractivity contribution in [1.82, 2.24) is 15.3 Å². The van der Waals surface area contributed by atoms with E-state index in [9.17, 15) is 4.79 Å². The first kappa shape index (κ1) is 26.5. The molecule has 3 heterocycles. The fraction of sp³-hybridized carbons (Fsp3) is 0.345. The normalized spacial score (nSPS) is 20.3. The first-order valence-electron chi connectivity index (χ1n) is 12.8. The summed E-state index contributed by atoms with van der Waals surface area (Å²) >= 11 is 1.34. The van der Waals surface area contributed by atoms with Crippen LogP contribution in [0.1, 0.15) is 50.5 Å². The molecule has 1 unspecified atom stereocenters. The maximum Gasteiger partial charge on any atom is 0.251 e. The predicted octanol–water partition coefficient (Wildman–Crippen LogP) is 4.41. The van der Waals surface area contributed by atoms with Crippen LogP contribution in [0.25, 0.3) is 12.2 Å². The number of nitrogens with one attached hydrogen (secondary N) is 3. The summed E-state index contributed by atoms with van der Waals surface area (Å²) in [4.78, 5) is 22.8. The molecule has 0 fully saturated rings. The molecule has 4 rings (SSSR count). The topological polar surface area (TPSA) is 88.2 Å². The second-order valence-electron chi connectivity index (χ2n) is 9.01. The van der Waals surface area contributed by atoms with Crippen LogP contribution >= 0.6 is 11.9 Å². The minimum absolute atomic E-state index is 0.102. The second-order valence-corrected chi connectivity index (χ2v) is 9.94. The van der Waals surface area contributed by atoms with Gasteiger partial charge in [0.15, 0.2) is 0 Å². The molecule has 0 radical (unpaired) electrons. The smallest absolute Gasteiger partial charge is 0.251 e. The molecule has 2 aliphatic rings. The molecule has 1 aliphatic carbocycles. The van der Waals surface area contributed by atoms with E-state index < -0.39 is 0 Å². The van der Waals surface area contributed by atoms with Gasteiger partial charge in [-0.3, -0.25) is 9.78 Å². The Morgan fingerprint density at radius 3 is 2.86 bits per heavy atom. The molecule has 0 spiro atoms. The Bertz CT molecular complexity index is 1320. The van der Waals surface area contributed by atoms with Crippen LogP contribution in [-0.2, 0) is 4.79 Å². The van der Waals surface area contributed by atoms with Gasteiger partial charge in [-0.2, -0.15) is 0 Å². The number of ether oxygens (including phenoxy) is 1. The molecule has 1 aliphatic heterocycles. The van der Waals surface area contributed by atoms with Crippen LogP contribution in [0.5, 0.6) is 5.88 Å². The summed E-state index contributed by atoms with van der Waals surface area (Å²) in [5.41, 5.74) is 3.53. The average Bonchev–Trinajstić information content (AvgIpc) is 3.14. The van der Waals surface area contributed by atoms with Crippen molar-refractivity contribution in [2.45, 2.75) is 44.9 Å². The number of fused-ring (bicyclic) bond motifs is 4. The maximum atomic E-state index is 12.9. The van der Waals surface area contributed by atoms with Crippen LogP contribution in [0.15, 0.2) is 59.8 Å². The van der Waals surface area contributed by atoms with Gasteiger partial charge in [0.05, 0.1) is 12.5 Å². The average molecular weight is 518 g/mol. The first-order valence-corrected chi connectivity index (χ1v) is 13.6. The highest BCUT2D eigenvalue weighted by atomic mass is 32.2. The summed E-state index contributed by atoms with van der Waals surface area (Å²) in [5, 5.41) is 8.77. The predicted molar refractivity (Wildman–Crippen MR) is 154 cm³/mol. The highest BCUT2D eigenvalue weighted by Gasteiger charge is 2.16. The molecule has 0 saturated carbocycles. The Hall–Kier alpha value is -3.52. The Morgan fingerprint density at radius 1 is 1.22 bits per heavy atom. The number of carbonyl (C=O) groups is 1. The third kappa shape index (κ3) is 7.04. The number of hydrogen-bond acceptors (Lipinski definition) is 7. The van der Waals surface area contributed by atoms with E-state index in [4.69, 9.17) is 4.74 Å². The number of methoxy groups -OCH3 is 1. The Kier molecular flexibility index (Phi) is 9.43. The van der Waals surface area contributed by atoms with E-state index >= 15 is 0 Å². The molecule has 1 atom stereocenters. The van der Waals surface area contributed by atoms with Gasteiger partial charge in [-0.15, -0.1) is 0 Å². The number of rotatable bonds is 3. The van der Waals surface area contributed by atoms with Crippen molar-refractivity contribution >= 4 is 41.4 Å². The van der Waals surface area contributed by atoms with Crippen LogP contribution in [0.2, 0.25) is 0 Å². The van der Waals surface area contributed by atoms with E-state index in [1.165, 1.54) is 11.9 Å². The lowest BCUT2D eigenvalue weighted by molar-refractivity contribution is -0.117. The second kappa shape index (κ2) is 13.1. The highest BCUT2D eigenvalue weighted by molar-refractivity contribution is 8.04. The Labute approximate surface area is 223 Å².